The average molecular weight is 217 g/mol. The van der Waals surface area contributed by atoms with Crippen molar-refractivity contribution in [1.29, 1.82) is 0 Å². The Morgan fingerprint density at radius 2 is 1.27 bits per heavy atom. The molecule has 96 valence electrons. The number of nitrogens with zero attached hydrogens (tertiary/aromatic N) is 1. The zero-order valence-corrected chi connectivity index (χ0v) is 12.8. The molecular weight excluding hydrogens is 182 g/mol. The lowest BCUT2D eigenvalue weighted by molar-refractivity contribution is 0.420. The summed E-state index contributed by atoms with van der Waals surface area (Å²) in [6.45, 7) is 21.4. The van der Waals surface area contributed by atoms with Crippen molar-refractivity contribution >= 4 is 0 Å². The van der Waals surface area contributed by atoms with Crippen molar-refractivity contribution in [3.05, 3.63) is 12.3 Å². The van der Waals surface area contributed by atoms with Crippen molar-refractivity contribution < 1.29 is 0 Å². The van der Waals surface area contributed by atoms with Crippen LogP contribution in [0.15, 0.2) is 12.3 Å². The molecule has 1 heteroatoms. The molecule has 0 aromatic carbocycles. The van der Waals surface area contributed by atoms with Crippen molar-refractivity contribution in [2.75, 3.05) is 13.6 Å². The van der Waals surface area contributed by atoms with Crippen LogP contribution in [0, 0.1) is 0 Å². The molecule has 0 spiro atoms. The molecule has 0 bridgehead atoms. The molecule has 15 heavy (non-hydrogen) atoms. The largest absolute Gasteiger partial charge is 0.379 e. The first kappa shape index (κ1) is 24.0. The van der Waals surface area contributed by atoms with Crippen molar-refractivity contribution in [1.82, 2.24) is 4.90 Å². The van der Waals surface area contributed by atoms with Crippen LogP contribution in [0.2, 0.25) is 0 Å². The lowest BCUT2D eigenvalue weighted by atomic mass is 10.4. The van der Waals surface area contributed by atoms with E-state index in [0.717, 1.165) is 12.2 Å². The van der Waals surface area contributed by atoms with Gasteiger partial charge in [-0.15, -0.1) is 0 Å². The maximum absolute atomic E-state index is 3.80. The van der Waals surface area contributed by atoms with Crippen LogP contribution in [-0.4, -0.2) is 18.5 Å². The van der Waals surface area contributed by atoms with E-state index in [2.05, 4.69) is 39.3 Å². The maximum Gasteiger partial charge on any atom is 0.0168 e. The van der Waals surface area contributed by atoms with Gasteiger partial charge in [-0.25, -0.2) is 0 Å². The average Bonchev–Trinajstić information content (AvgIpc) is 2.25. The molecule has 0 rings (SSSR count). The van der Waals surface area contributed by atoms with Crippen LogP contribution in [-0.2, 0) is 0 Å². The lowest BCUT2D eigenvalue weighted by Crippen LogP contribution is -2.15. The van der Waals surface area contributed by atoms with Crippen LogP contribution in [0.4, 0.5) is 0 Å². The fraction of sp³-hybridized carbons (Fsp3) is 0.857. The smallest absolute Gasteiger partial charge is 0.0168 e. The maximum atomic E-state index is 3.80. The molecule has 0 fully saturated rings. The van der Waals surface area contributed by atoms with E-state index in [1.807, 2.05) is 34.6 Å². The molecule has 0 aliphatic heterocycles. The van der Waals surface area contributed by atoms with Gasteiger partial charge in [-0.2, -0.15) is 0 Å². The van der Waals surface area contributed by atoms with Crippen LogP contribution < -0.4 is 0 Å². The highest BCUT2D eigenvalue weighted by atomic mass is 15.1. The van der Waals surface area contributed by atoms with Gasteiger partial charge in [0.1, 0.15) is 0 Å². The van der Waals surface area contributed by atoms with Gasteiger partial charge in [0, 0.05) is 19.3 Å². The minimum Gasteiger partial charge on any atom is -0.379 e. The molecule has 1 nitrogen and oxygen atoms in total. The quantitative estimate of drug-likeness (QED) is 0.617. The molecule has 0 saturated carbocycles. The lowest BCUT2D eigenvalue weighted by Gasteiger charge is -2.16. The Morgan fingerprint density at radius 1 is 1.00 bits per heavy atom. The van der Waals surface area contributed by atoms with E-state index in [0.29, 0.717) is 0 Å². The Kier molecular flexibility index (Phi) is 46.7. The number of rotatable bonds is 3. The summed E-state index contributed by atoms with van der Waals surface area (Å²) in [5.74, 6) is 0. The van der Waals surface area contributed by atoms with Gasteiger partial charge in [-0.05, 0) is 13.3 Å². The van der Waals surface area contributed by atoms with Crippen molar-refractivity contribution in [2.45, 2.75) is 68.2 Å². The fourth-order valence-corrected chi connectivity index (χ4v) is 0.526. The highest BCUT2D eigenvalue weighted by Gasteiger charge is 1.90. The monoisotopic (exact) mass is 217 g/mol. The van der Waals surface area contributed by atoms with E-state index in [1.165, 1.54) is 12.8 Å². The summed E-state index contributed by atoms with van der Waals surface area (Å²) in [6, 6.07) is 0. The Morgan fingerprint density at radius 3 is 1.33 bits per heavy atom. The fourth-order valence-electron chi connectivity index (χ4n) is 0.526. The molecule has 0 heterocycles. The van der Waals surface area contributed by atoms with E-state index in [-0.39, 0.29) is 0 Å². The van der Waals surface area contributed by atoms with Crippen molar-refractivity contribution in [3.63, 3.8) is 0 Å². The van der Waals surface area contributed by atoms with Crippen LogP contribution in [0.25, 0.3) is 0 Å². The molecule has 0 saturated heterocycles. The van der Waals surface area contributed by atoms with E-state index in [1.54, 1.807) is 0 Å². The Labute approximate surface area is 99.6 Å². The van der Waals surface area contributed by atoms with Crippen LogP contribution in [0.1, 0.15) is 68.2 Å². The summed E-state index contributed by atoms with van der Waals surface area (Å²) in [6.07, 6.45) is 2.45. The van der Waals surface area contributed by atoms with Gasteiger partial charge >= 0.3 is 0 Å². The molecule has 0 aromatic heterocycles. The Bertz CT molecular complexity index is 87.3. The summed E-state index contributed by atoms with van der Waals surface area (Å²) in [5, 5.41) is 0. The van der Waals surface area contributed by atoms with Gasteiger partial charge < -0.3 is 4.90 Å². The van der Waals surface area contributed by atoms with Gasteiger partial charge in [-0.1, -0.05) is 61.5 Å². The minimum absolute atomic E-state index is 1.12. The topological polar surface area (TPSA) is 3.24 Å². The van der Waals surface area contributed by atoms with E-state index < -0.39 is 0 Å². The third kappa shape index (κ3) is 42.2. The number of hydrogen-bond acceptors (Lipinski definition) is 1. The molecule has 0 amide bonds. The molecule has 0 aliphatic carbocycles. The van der Waals surface area contributed by atoms with Gasteiger partial charge in [0.05, 0.1) is 0 Å². The summed E-state index contributed by atoms with van der Waals surface area (Å²) in [4.78, 5) is 2.15. The third-order valence-electron chi connectivity index (χ3n) is 1.21. The summed E-state index contributed by atoms with van der Waals surface area (Å²) < 4.78 is 0. The van der Waals surface area contributed by atoms with Crippen LogP contribution in [0.5, 0.6) is 0 Å². The van der Waals surface area contributed by atoms with E-state index in [4.69, 9.17) is 0 Å². The van der Waals surface area contributed by atoms with Gasteiger partial charge in [0.15, 0.2) is 0 Å². The van der Waals surface area contributed by atoms with Crippen molar-refractivity contribution in [2.24, 2.45) is 0 Å². The molecule has 0 radical (unpaired) electrons. The molecule has 0 aromatic rings. The second-order valence-corrected chi connectivity index (χ2v) is 2.86. The molecule has 0 unspecified atom stereocenters. The highest BCUT2D eigenvalue weighted by Crippen LogP contribution is 1.95. The zero-order chi connectivity index (χ0) is 13.3. The predicted octanol–water partition coefficient (Wildman–Crippen LogP) is 5.33. The summed E-state index contributed by atoms with van der Waals surface area (Å²) in [7, 11) is 2.06. The van der Waals surface area contributed by atoms with Crippen LogP contribution >= 0.6 is 0 Å². The zero-order valence-electron chi connectivity index (χ0n) is 12.8. The normalized spacial score (nSPS) is 6.73. The molecular formula is C14H35N. The molecule has 0 atom stereocenters. The minimum atomic E-state index is 1.12. The highest BCUT2D eigenvalue weighted by molar-refractivity contribution is 4.85. The van der Waals surface area contributed by atoms with Gasteiger partial charge in [0.25, 0.3) is 0 Å². The summed E-state index contributed by atoms with van der Waals surface area (Å²) in [5.41, 5.74) is 1.15. The SMILES string of the molecule is C=C(C)N(C)CCC.CC.CC.CCC. The molecule has 0 N–H and O–H groups in total. The van der Waals surface area contributed by atoms with Crippen molar-refractivity contribution in [3.8, 4) is 0 Å². The van der Waals surface area contributed by atoms with E-state index >= 15 is 0 Å². The van der Waals surface area contributed by atoms with E-state index in [9.17, 15) is 0 Å². The standard InChI is InChI=1S/C7H15N.C3H8.2C2H6/c1-5-6-8(4)7(2)3;1-3-2;2*1-2/h2,5-6H2,1,3-4H3;3H2,1-2H3;2*1-2H3. The Hall–Kier alpha value is -0.460. The molecule has 0 aliphatic rings. The third-order valence-corrected chi connectivity index (χ3v) is 1.21. The first-order valence-corrected chi connectivity index (χ1v) is 6.46. The predicted molar refractivity (Wildman–Crippen MR) is 76.4 cm³/mol. The second-order valence-electron chi connectivity index (χ2n) is 2.86. The second kappa shape index (κ2) is 29.2. The first-order chi connectivity index (χ1) is 7.09. The Balaban J connectivity index is -0.0000000726. The number of allylic oxidation sites excluding steroid dienone is 1. The first-order valence-electron chi connectivity index (χ1n) is 6.46. The summed E-state index contributed by atoms with van der Waals surface area (Å²) >= 11 is 0. The van der Waals surface area contributed by atoms with Gasteiger partial charge in [-0.3, -0.25) is 0 Å². The van der Waals surface area contributed by atoms with Crippen LogP contribution in [0.3, 0.4) is 0 Å². The van der Waals surface area contributed by atoms with Gasteiger partial charge in [0.2, 0.25) is 0 Å². The number of hydrogen-bond donors (Lipinski definition) is 0.